The fraction of sp³-hybridized carbons (Fsp3) is 0.310. The molecule has 3 N–H and O–H groups in total. The summed E-state index contributed by atoms with van der Waals surface area (Å²) in [5, 5.41) is 9.87. The van der Waals surface area contributed by atoms with Crippen molar-refractivity contribution in [1.82, 2.24) is 4.90 Å². The lowest BCUT2D eigenvalue weighted by Gasteiger charge is -2.36. The Morgan fingerprint density at radius 3 is 2.32 bits per heavy atom. The molecule has 0 aromatic heterocycles. The molecule has 1 aliphatic heterocycles. The molecule has 1 aliphatic rings. The number of ether oxygens (including phenoxy) is 1. The van der Waals surface area contributed by atoms with Crippen molar-refractivity contribution in [2.45, 2.75) is 12.8 Å². The van der Waals surface area contributed by atoms with Gasteiger partial charge in [0.1, 0.15) is 5.75 Å². The van der Waals surface area contributed by atoms with E-state index in [-0.39, 0.29) is 0 Å². The van der Waals surface area contributed by atoms with Crippen LogP contribution in [0.5, 0.6) is 5.75 Å². The molecule has 8 nitrogen and oxygen atoms in total. The quantitative estimate of drug-likeness (QED) is 0.395. The number of carboxylic acid groups (broad SMARTS) is 1. The van der Waals surface area contributed by atoms with Gasteiger partial charge in [-0.25, -0.2) is 4.79 Å². The van der Waals surface area contributed by atoms with Crippen LogP contribution in [-0.2, 0) is 0 Å². The second-order valence-corrected chi connectivity index (χ2v) is 9.14. The number of unbranched alkanes of at least 4 members (excludes halogenated alkanes) is 1. The average Bonchev–Trinajstić information content (AvgIpc) is 2.93. The molecule has 3 aromatic rings. The van der Waals surface area contributed by atoms with Crippen LogP contribution in [0.3, 0.4) is 0 Å². The molecular weight excluding hydrogens is 468 g/mol. The van der Waals surface area contributed by atoms with Crippen molar-refractivity contribution in [1.29, 1.82) is 0 Å². The largest absolute Gasteiger partial charge is 0.495 e. The number of carbonyl (C=O) groups excluding carboxylic acids is 1. The maximum atomic E-state index is 12.0. The molecule has 1 saturated heterocycles. The predicted octanol–water partition coefficient (Wildman–Crippen LogP) is 4.55. The van der Waals surface area contributed by atoms with Gasteiger partial charge in [0.15, 0.2) is 0 Å². The highest BCUT2D eigenvalue weighted by Crippen LogP contribution is 2.29. The van der Waals surface area contributed by atoms with Crippen molar-refractivity contribution < 1.29 is 19.4 Å². The average molecular weight is 503 g/mol. The van der Waals surface area contributed by atoms with Crippen molar-refractivity contribution in [3.63, 3.8) is 0 Å². The summed E-state index contributed by atoms with van der Waals surface area (Å²) in [6.07, 6.45) is 0.701. The molecule has 1 heterocycles. The minimum absolute atomic E-state index is 0.418. The topological polar surface area (TPSA) is 99.3 Å². The smallest absolute Gasteiger partial charge is 0.411 e. The van der Waals surface area contributed by atoms with E-state index in [0.717, 1.165) is 68.1 Å². The van der Waals surface area contributed by atoms with Crippen LogP contribution in [-0.4, -0.2) is 68.4 Å². The summed E-state index contributed by atoms with van der Waals surface area (Å²) in [7, 11) is 1.70. The maximum absolute atomic E-state index is 12.0. The first-order valence-electron chi connectivity index (χ1n) is 12.6. The Balaban J connectivity index is 1.30. The third kappa shape index (κ3) is 6.59. The van der Waals surface area contributed by atoms with Crippen LogP contribution in [0, 0.1) is 0 Å². The molecule has 0 spiro atoms. The monoisotopic (exact) mass is 502 g/mol. The number of piperazine rings is 1. The Morgan fingerprint density at radius 1 is 0.919 bits per heavy atom. The standard InChI is InChI=1S/C29H34N4O4/c1-37-27-13-3-2-12-26(27)32-18-16-31(17-19-32)14-4-5-15-33(29(35)36)25-11-7-9-23(21-25)22-8-6-10-24(20-22)28(30)34/h2-3,6-13,20-21H,4-5,14-19H2,1H3,(H2,30,34)(H,35,36). The Labute approximate surface area is 217 Å². The van der Waals surface area contributed by atoms with E-state index in [1.54, 1.807) is 31.4 Å². The van der Waals surface area contributed by atoms with E-state index in [1.165, 1.54) is 4.90 Å². The molecule has 1 fully saturated rings. The van der Waals surface area contributed by atoms with Gasteiger partial charge >= 0.3 is 6.09 Å². The first kappa shape index (κ1) is 26.0. The van der Waals surface area contributed by atoms with E-state index in [9.17, 15) is 14.7 Å². The summed E-state index contributed by atoms with van der Waals surface area (Å²) in [6, 6.07) is 22.5. The van der Waals surface area contributed by atoms with Gasteiger partial charge in [0.25, 0.3) is 0 Å². The van der Waals surface area contributed by atoms with Crippen LogP contribution >= 0.6 is 0 Å². The Kier molecular flexibility index (Phi) is 8.64. The number of carbonyl (C=O) groups is 2. The second-order valence-electron chi connectivity index (χ2n) is 9.14. The van der Waals surface area contributed by atoms with Gasteiger partial charge in [0.05, 0.1) is 12.8 Å². The van der Waals surface area contributed by atoms with Crippen molar-refractivity contribution in [3.8, 4) is 16.9 Å². The predicted molar refractivity (Wildman–Crippen MR) is 147 cm³/mol. The SMILES string of the molecule is COc1ccccc1N1CCN(CCCCN(C(=O)O)c2cccc(-c3cccc(C(N)=O)c3)c2)CC1. The summed E-state index contributed by atoms with van der Waals surface area (Å²) < 4.78 is 5.50. The third-order valence-corrected chi connectivity index (χ3v) is 6.77. The summed E-state index contributed by atoms with van der Waals surface area (Å²) in [4.78, 5) is 29.8. The van der Waals surface area contributed by atoms with Crippen LogP contribution in [0.4, 0.5) is 16.2 Å². The molecule has 0 saturated carbocycles. The Morgan fingerprint density at radius 2 is 1.62 bits per heavy atom. The number of hydrogen-bond acceptors (Lipinski definition) is 5. The van der Waals surface area contributed by atoms with Crippen molar-refractivity contribution in [2.24, 2.45) is 5.73 Å². The Bertz CT molecular complexity index is 1220. The van der Waals surface area contributed by atoms with Gasteiger partial charge in [-0.1, -0.05) is 36.4 Å². The van der Waals surface area contributed by atoms with Crippen molar-refractivity contribution in [2.75, 3.05) is 56.2 Å². The van der Waals surface area contributed by atoms with Gasteiger partial charge in [0, 0.05) is 44.0 Å². The number of anilines is 2. The summed E-state index contributed by atoms with van der Waals surface area (Å²) in [6.45, 7) is 5.16. The van der Waals surface area contributed by atoms with Gasteiger partial charge in [-0.2, -0.15) is 0 Å². The van der Waals surface area contributed by atoms with Crippen LogP contribution < -0.4 is 20.3 Å². The minimum atomic E-state index is -0.978. The number of primary amides is 1. The number of benzene rings is 3. The molecular formula is C29H34N4O4. The number of methoxy groups -OCH3 is 1. The highest BCUT2D eigenvalue weighted by atomic mass is 16.5. The molecule has 8 heteroatoms. The number of amides is 2. The maximum Gasteiger partial charge on any atom is 0.411 e. The highest BCUT2D eigenvalue weighted by molar-refractivity contribution is 5.94. The summed E-state index contributed by atoms with van der Waals surface area (Å²) in [5.74, 6) is 0.403. The van der Waals surface area contributed by atoms with E-state index in [0.29, 0.717) is 17.8 Å². The lowest BCUT2D eigenvalue weighted by Crippen LogP contribution is -2.46. The Hall–Kier alpha value is -4.04. The molecule has 4 rings (SSSR count). The second kappa shape index (κ2) is 12.3. The van der Waals surface area contributed by atoms with E-state index < -0.39 is 12.0 Å². The van der Waals surface area contributed by atoms with Gasteiger partial charge < -0.3 is 20.5 Å². The van der Waals surface area contributed by atoms with E-state index in [2.05, 4.69) is 15.9 Å². The number of hydrogen-bond donors (Lipinski definition) is 2. The lowest BCUT2D eigenvalue weighted by molar-refractivity contribution is 0.1000. The van der Waals surface area contributed by atoms with Crippen LogP contribution in [0.2, 0.25) is 0 Å². The molecule has 2 amide bonds. The zero-order chi connectivity index (χ0) is 26.2. The van der Waals surface area contributed by atoms with E-state index >= 15 is 0 Å². The lowest BCUT2D eigenvalue weighted by atomic mass is 10.0. The van der Waals surface area contributed by atoms with E-state index in [4.69, 9.17) is 10.5 Å². The highest BCUT2D eigenvalue weighted by Gasteiger charge is 2.20. The minimum Gasteiger partial charge on any atom is -0.495 e. The molecule has 194 valence electrons. The summed E-state index contributed by atoms with van der Waals surface area (Å²) >= 11 is 0. The molecule has 0 atom stereocenters. The summed E-state index contributed by atoms with van der Waals surface area (Å²) in [5.41, 5.74) is 9.22. The molecule has 0 aliphatic carbocycles. The number of nitrogens with zero attached hydrogens (tertiary/aromatic N) is 3. The zero-order valence-electron chi connectivity index (χ0n) is 21.2. The normalized spacial score (nSPS) is 13.8. The molecule has 0 bridgehead atoms. The van der Waals surface area contributed by atoms with Crippen molar-refractivity contribution >= 4 is 23.4 Å². The first-order chi connectivity index (χ1) is 18.0. The van der Waals surface area contributed by atoms with Crippen molar-refractivity contribution in [3.05, 3.63) is 78.4 Å². The molecule has 0 radical (unpaired) electrons. The number of nitrogens with two attached hydrogens (primary N) is 1. The van der Waals surface area contributed by atoms with Crippen LogP contribution in [0.1, 0.15) is 23.2 Å². The van der Waals surface area contributed by atoms with Crippen LogP contribution in [0.15, 0.2) is 72.8 Å². The third-order valence-electron chi connectivity index (χ3n) is 6.77. The molecule has 3 aromatic carbocycles. The zero-order valence-corrected chi connectivity index (χ0v) is 21.2. The first-order valence-corrected chi connectivity index (χ1v) is 12.6. The van der Waals surface area contributed by atoms with Gasteiger partial charge in [-0.05, 0) is 66.9 Å². The van der Waals surface area contributed by atoms with Crippen LogP contribution in [0.25, 0.3) is 11.1 Å². The van der Waals surface area contributed by atoms with Gasteiger partial charge in [-0.15, -0.1) is 0 Å². The molecule has 37 heavy (non-hydrogen) atoms. The molecule has 0 unspecified atom stereocenters. The van der Waals surface area contributed by atoms with E-state index in [1.807, 2.05) is 42.5 Å². The van der Waals surface area contributed by atoms with Gasteiger partial charge in [-0.3, -0.25) is 14.6 Å². The number of para-hydroxylation sites is 2. The fourth-order valence-corrected chi connectivity index (χ4v) is 4.75. The van der Waals surface area contributed by atoms with Gasteiger partial charge in [0.2, 0.25) is 5.91 Å². The fourth-order valence-electron chi connectivity index (χ4n) is 4.75. The number of rotatable bonds is 10.